The molecule has 2 N–H and O–H groups in total. The van der Waals surface area contributed by atoms with Crippen molar-refractivity contribution in [3.63, 3.8) is 0 Å². The number of carbonyl (C=O) groups excluding carboxylic acids is 2. The third-order valence-electron chi connectivity index (χ3n) is 3.91. The highest BCUT2D eigenvalue weighted by Gasteiger charge is 2.33. The number of alkyl halides is 1. The number of hydrogen-bond acceptors (Lipinski definition) is 4. The van der Waals surface area contributed by atoms with Gasteiger partial charge in [0, 0.05) is 34.6 Å². The lowest BCUT2D eigenvalue weighted by atomic mass is 10.1. The van der Waals surface area contributed by atoms with Gasteiger partial charge in [-0.15, -0.1) is 11.6 Å². The monoisotopic (exact) mass is 493 g/mol. The summed E-state index contributed by atoms with van der Waals surface area (Å²) in [5.41, 5.74) is 7.34. The number of benzene rings is 1. The molecule has 0 radical (unpaired) electrons. The van der Waals surface area contributed by atoms with E-state index in [4.69, 9.17) is 22.1 Å². The van der Waals surface area contributed by atoms with Crippen LogP contribution >= 0.6 is 34.2 Å². The summed E-state index contributed by atoms with van der Waals surface area (Å²) in [6.45, 7) is 6.27. The molecular weight excluding hydrogens is 469 g/mol. The van der Waals surface area contributed by atoms with Gasteiger partial charge in [0.1, 0.15) is 5.60 Å². The molecule has 2 amide bonds. The molecule has 1 aromatic carbocycles. The fraction of sp³-hybridized carbons (Fsp3) is 0.556. The highest BCUT2D eigenvalue weighted by Crippen LogP contribution is 2.38. The van der Waals surface area contributed by atoms with E-state index in [0.717, 1.165) is 16.4 Å². The van der Waals surface area contributed by atoms with Crippen molar-refractivity contribution < 1.29 is 14.3 Å². The SMILES string of the molecule is CC(C)(C)OC(=O)N1CCN(C(=O)CCCCCl)c2cc(N)c(I)cc21. The molecule has 0 fully saturated rings. The Hall–Kier alpha value is -1.22. The summed E-state index contributed by atoms with van der Waals surface area (Å²) >= 11 is 7.82. The maximum atomic E-state index is 12.6. The van der Waals surface area contributed by atoms with Crippen molar-refractivity contribution in [1.82, 2.24) is 0 Å². The molecule has 1 aliphatic heterocycles. The summed E-state index contributed by atoms with van der Waals surface area (Å²) < 4.78 is 6.34. The Bertz CT molecular complexity index is 691. The summed E-state index contributed by atoms with van der Waals surface area (Å²) in [7, 11) is 0. The Morgan fingerprint density at radius 3 is 2.42 bits per heavy atom. The van der Waals surface area contributed by atoms with Crippen LogP contribution in [0.25, 0.3) is 0 Å². The lowest BCUT2D eigenvalue weighted by Crippen LogP contribution is -2.48. The van der Waals surface area contributed by atoms with Gasteiger partial charge in [-0.2, -0.15) is 0 Å². The number of ether oxygens (including phenoxy) is 1. The van der Waals surface area contributed by atoms with E-state index in [0.29, 0.717) is 42.5 Å². The zero-order valence-electron chi connectivity index (χ0n) is 15.3. The van der Waals surface area contributed by atoms with Crippen LogP contribution in [0.5, 0.6) is 0 Å². The van der Waals surface area contributed by atoms with Crippen LogP contribution in [0.4, 0.5) is 21.9 Å². The second-order valence-electron chi connectivity index (χ2n) is 7.19. The summed E-state index contributed by atoms with van der Waals surface area (Å²) in [4.78, 5) is 28.5. The van der Waals surface area contributed by atoms with Crippen molar-refractivity contribution in [3.8, 4) is 0 Å². The maximum absolute atomic E-state index is 12.6. The first kappa shape index (κ1) is 21.1. The summed E-state index contributed by atoms with van der Waals surface area (Å²) in [6, 6.07) is 3.58. The standard InChI is InChI=1S/C18H25ClIN3O3/c1-18(2,3)26-17(25)23-9-8-22(16(24)6-4-5-7-19)15-11-13(21)12(20)10-14(15)23/h10-11H,4-9,21H2,1-3H3. The Morgan fingerprint density at radius 1 is 1.19 bits per heavy atom. The molecule has 6 nitrogen and oxygen atoms in total. The van der Waals surface area contributed by atoms with Crippen LogP contribution in [0.1, 0.15) is 40.0 Å². The molecule has 0 unspecified atom stereocenters. The molecule has 0 atom stereocenters. The number of fused-ring (bicyclic) bond motifs is 1. The molecule has 0 saturated heterocycles. The smallest absolute Gasteiger partial charge is 0.414 e. The number of hydrogen-bond donors (Lipinski definition) is 1. The third-order valence-corrected chi connectivity index (χ3v) is 5.11. The van der Waals surface area contributed by atoms with Gasteiger partial charge in [-0.05, 0) is 68.3 Å². The van der Waals surface area contributed by atoms with Crippen LogP contribution in [-0.2, 0) is 9.53 Å². The van der Waals surface area contributed by atoms with E-state index in [1.54, 1.807) is 15.9 Å². The number of nitrogen functional groups attached to an aromatic ring is 1. The minimum absolute atomic E-state index is 0.0146. The van der Waals surface area contributed by atoms with E-state index >= 15 is 0 Å². The van der Waals surface area contributed by atoms with Crippen LogP contribution in [-0.4, -0.2) is 36.6 Å². The Morgan fingerprint density at radius 2 is 1.81 bits per heavy atom. The number of amides is 2. The van der Waals surface area contributed by atoms with Crippen LogP contribution < -0.4 is 15.5 Å². The molecule has 144 valence electrons. The van der Waals surface area contributed by atoms with Gasteiger partial charge < -0.3 is 15.4 Å². The van der Waals surface area contributed by atoms with E-state index in [-0.39, 0.29) is 5.91 Å². The molecule has 26 heavy (non-hydrogen) atoms. The quantitative estimate of drug-likeness (QED) is 0.292. The average molecular weight is 494 g/mol. The highest BCUT2D eigenvalue weighted by molar-refractivity contribution is 14.1. The lowest BCUT2D eigenvalue weighted by Gasteiger charge is -2.37. The summed E-state index contributed by atoms with van der Waals surface area (Å²) in [5, 5.41) is 0. The normalized spacial score (nSPS) is 14.2. The number of halogens is 2. The van der Waals surface area contributed by atoms with Crippen molar-refractivity contribution >= 4 is 63.3 Å². The number of rotatable bonds is 4. The first-order valence-corrected chi connectivity index (χ1v) is 10.2. The zero-order chi connectivity index (χ0) is 19.5. The molecule has 2 rings (SSSR count). The molecule has 8 heteroatoms. The summed E-state index contributed by atoms with van der Waals surface area (Å²) in [5.74, 6) is 0.558. The van der Waals surface area contributed by atoms with E-state index in [1.165, 1.54) is 0 Å². The Kier molecular flexibility index (Phi) is 7.01. The fourth-order valence-corrected chi connectivity index (χ4v) is 3.35. The molecule has 1 aromatic rings. The van der Waals surface area contributed by atoms with Gasteiger partial charge in [0.2, 0.25) is 5.91 Å². The van der Waals surface area contributed by atoms with Gasteiger partial charge in [-0.25, -0.2) is 4.79 Å². The van der Waals surface area contributed by atoms with Crippen molar-refractivity contribution in [2.75, 3.05) is 34.5 Å². The molecule has 0 bridgehead atoms. The van der Waals surface area contributed by atoms with E-state index in [1.807, 2.05) is 26.8 Å². The predicted octanol–water partition coefficient (Wildman–Crippen LogP) is 4.37. The third kappa shape index (κ3) is 5.16. The topological polar surface area (TPSA) is 75.9 Å². The van der Waals surface area contributed by atoms with Gasteiger partial charge in [-0.3, -0.25) is 9.69 Å². The minimum Gasteiger partial charge on any atom is -0.443 e. The van der Waals surface area contributed by atoms with Crippen LogP contribution in [0.2, 0.25) is 0 Å². The largest absolute Gasteiger partial charge is 0.443 e. The van der Waals surface area contributed by atoms with Crippen LogP contribution in [0.3, 0.4) is 0 Å². The Balaban J connectivity index is 2.32. The van der Waals surface area contributed by atoms with Gasteiger partial charge in [0.15, 0.2) is 0 Å². The number of nitrogens with two attached hydrogens (primary N) is 1. The predicted molar refractivity (Wildman–Crippen MR) is 114 cm³/mol. The highest BCUT2D eigenvalue weighted by atomic mass is 127. The number of unbranched alkanes of at least 4 members (excludes halogenated alkanes) is 1. The fourth-order valence-electron chi connectivity index (χ4n) is 2.71. The van der Waals surface area contributed by atoms with Crippen molar-refractivity contribution in [1.29, 1.82) is 0 Å². The van der Waals surface area contributed by atoms with Crippen molar-refractivity contribution in [2.24, 2.45) is 0 Å². The number of carbonyl (C=O) groups is 2. The van der Waals surface area contributed by atoms with E-state index < -0.39 is 11.7 Å². The average Bonchev–Trinajstić information content (AvgIpc) is 2.53. The second-order valence-corrected chi connectivity index (χ2v) is 8.73. The minimum atomic E-state index is -0.591. The van der Waals surface area contributed by atoms with Gasteiger partial charge in [0.25, 0.3) is 0 Å². The first-order valence-electron chi connectivity index (χ1n) is 8.60. The van der Waals surface area contributed by atoms with Crippen LogP contribution in [0, 0.1) is 3.57 Å². The molecule has 0 saturated carbocycles. The molecule has 1 heterocycles. The molecule has 1 aliphatic rings. The van der Waals surface area contributed by atoms with Gasteiger partial charge in [-0.1, -0.05) is 0 Å². The molecule has 0 aromatic heterocycles. The van der Waals surface area contributed by atoms with Gasteiger partial charge >= 0.3 is 6.09 Å². The maximum Gasteiger partial charge on any atom is 0.414 e. The molecule has 0 spiro atoms. The molecule has 0 aliphatic carbocycles. The van der Waals surface area contributed by atoms with E-state index in [9.17, 15) is 9.59 Å². The number of nitrogens with zero attached hydrogens (tertiary/aromatic N) is 2. The summed E-state index contributed by atoms with van der Waals surface area (Å²) in [6.07, 6.45) is 1.54. The molecular formula is C18H25ClIN3O3. The zero-order valence-corrected chi connectivity index (χ0v) is 18.3. The van der Waals surface area contributed by atoms with E-state index in [2.05, 4.69) is 22.6 Å². The second kappa shape index (κ2) is 8.65. The first-order chi connectivity index (χ1) is 12.1. The van der Waals surface area contributed by atoms with Crippen LogP contribution in [0.15, 0.2) is 12.1 Å². The Labute approximate surface area is 173 Å². The van der Waals surface area contributed by atoms with Gasteiger partial charge in [0.05, 0.1) is 11.4 Å². The van der Waals surface area contributed by atoms with Crippen molar-refractivity contribution in [2.45, 2.75) is 45.6 Å². The van der Waals surface area contributed by atoms with Crippen molar-refractivity contribution in [3.05, 3.63) is 15.7 Å². The number of anilines is 3. The lowest BCUT2D eigenvalue weighted by molar-refractivity contribution is -0.118.